The second-order valence-corrected chi connectivity index (χ2v) is 4.76. The summed E-state index contributed by atoms with van der Waals surface area (Å²) in [4.78, 5) is 21.0. The molecular weight excluding hydrogens is 238 g/mol. The van der Waals surface area contributed by atoms with Crippen LogP contribution in [0.1, 0.15) is 19.8 Å². The van der Waals surface area contributed by atoms with Crippen LogP contribution in [0, 0.1) is 0 Å². The number of carbonyl (C=O) groups excluding carboxylic acids is 1. The Morgan fingerprint density at radius 1 is 1.38 bits per heavy atom. The number of carbonyl (C=O) groups is 2. The molecule has 94 valence electrons. The fourth-order valence-corrected chi connectivity index (χ4v) is 1.83. The predicted molar refractivity (Wildman–Crippen MR) is 55.3 cm³/mol. The van der Waals surface area contributed by atoms with Crippen LogP contribution in [0.2, 0.25) is 0 Å². The van der Waals surface area contributed by atoms with Crippen LogP contribution in [0.15, 0.2) is 0 Å². The highest BCUT2D eigenvalue weighted by molar-refractivity contribution is 7.90. The van der Waals surface area contributed by atoms with Crippen LogP contribution in [-0.2, 0) is 24.3 Å². The fourth-order valence-electron chi connectivity index (χ4n) is 0.876. The van der Waals surface area contributed by atoms with Gasteiger partial charge in [-0.15, -0.1) is 0 Å². The third-order valence-electron chi connectivity index (χ3n) is 1.50. The van der Waals surface area contributed by atoms with Gasteiger partial charge in [0.25, 0.3) is 0 Å². The van der Waals surface area contributed by atoms with Crippen molar-refractivity contribution in [2.24, 2.45) is 0 Å². The second-order valence-electron chi connectivity index (χ2n) is 2.96. The first-order valence-electron chi connectivity index (χ1n) is 4.72. The minimum atomic E-state index is -3.72. The van der Waals surface area contributed by atoms with Crippen molar-refractivity contribution in [1.29, 1.82) is 0 Å². The van der Waals surface area contributed by atoms with Gasteiger partial charge in [-0.2, -0.15) is 0 Å². The van der Waals surface area contributed by atoms with E-state index in [0.717, 1.165) is 0 Å². The first-order valence-corrected chi connectivity index (χ1v) is 6.37. The molecule has 0 bridgehead atoms. The van der Waals surface area contributed by atoms with Crippen molar-refractivity contribution in [1.82, 2.24) is 4.72 Å². The van der Waals surface area contributed by atoms with Gasteiger partial charge in [0.1, 0.15) is 0 Å². The minimum Gasteiger partial charge on any atom is -0.481 e. The second kappa shape index (κ2) is 7.18. The quantitative estimate of drug-likeness (QED) is 0.438. The molecule has 0 fully saturated rings. The van der Waals surface area contributed by atoms with Gasteiger partial charge < -0.3 is 9.84 Å². The van der Waals surface area contributed by atoms with Crippen molar-refractivity contribution in [3.05, 3.63) is 0 Å². The number of aliphatic carboxylic acids is 1. The lowest BCUT2D eigenvalue weighted by Crippen LogP contribution is -2.31. The maximum atomic E-state index is 11.2. The number of rotatable bonds is 8. The normalized spacial score (nSPS) is 11.1. The van der Waals surface area contributed by atoms with Crippen molar-refractivity contribution < 1.29 is 27.9 Å². The Hall–Kier alpha value is -1.15. The smallest absolute Gasteiger partial charge is 0.322 e. The molecular formula is C8H15NO6S. The summed E-state index contributed by atoms with van der Waals surface area (Å²) >= 11 is 0. The van der Waals surface area contributed by atoms with Crippen LogP contribution in [0.25, 0.3) is 0 Å². The number of ether oxygens (including phenoxy) is 1. The van der Waals surface area contributed by atoms with E-state index in [1.54, 1.807) is 6.92 Å². The largest absolute Gasteiger partial charge is 0.481 e. The van der Waals surface area contributed by atoms with Gasteiger partial charge in [-0.1, -0.05) is 0 Å². The average Bonchev–Trinajstić information content (AvgIpc) is 2.11. The summed E-state index contributed by atoms with van der Waals surface area (Å²) in [7, 11) is -3.72. The summed E-state index contributed by atoms with van der Waals surface area (Å²) in [5.41, 5.74) is 0. The molecule has 0 radical (unpaired) electrons. The van der Waals surface area contributed by atoms with E-state index in [9.17, 15) is 18.0 Å². The van der Waals surface area contributed by atoms with E-state index < -0.39 is 27.7 Å². The monoisotopic (exact) mass is 253 g/mol. The molecule has 0 aromatic heterocycles. The van der Waals surface area contributed by atoms with Gasteiger partial charge in [-0.3, -0.25) is 9.59 Å². The summed E-state index contributed by atoms with van der Waals surface area (Å²) in [6.45, 7) is 1.69. The molecule has 0 aromatic rings. The Morgan fingerprint density at radius 2 is 2.00 bits per heavy atom. The highest BCUT2D eigenvalue weighted by atomic mass is 32.2. The molecule has 0 rings (SSSR count). The maximum Gasteiger partial charge on any atom is 0.322 e. The van der Waals surface area contributed by atoms with Gasteiger partial charge in [-0.05, 0) is 13.3 Å². The van der Waals surface area contributed by atoms with E-state index in [0.29, 0.717) is 0 Å². The molecule has 0 heterocycles. The molecule has 8 heteroatoms. The SMILES string of the molecule is CCOC(=O)CS(=O)(=O)NCCCC(=O)O. The molecule has 16 heavy (non-hydrogen) atoms. The maximum absolute atomic E-state index is 11.2. The van der Waals surface area contributed by atoms with E-state index in [1.165, 1.54) is 0 Å². The van der Waals surface area contributed by atoms with Crippen LogP contribution in [-0.4, -0.2) is 44.4 Å². The van der Waals surface area contributed by atoms with Gasteiger partial charge in [0.15, 0.2) is 5.75 Å². The molecule has 0 aliphatic heterocycles. The Morgan fingerprint density at radius 3 is 2.50 bits per heavy atom. The highest BCUT2D eigenvalue weighted by Crippen LogP contribution is 1.91. The van der Waals surface area contributed by atoms with Crippen molar-refractivity contribution in [3.63, 3.8) is 0 Å². The lowest BCUT2D eigenvalue weighted by Gasteiger charge is -2.05. The zero-order valence-corrected chi connectivity index (χ0v) is 9.75. The third-order valence-corrected chi connectivity index (χ3v) is 2.76. The summed E-state index contributed by atoms with van der Waals surface area (Å²) in [6, 6.07) is 0. The van der Waals surface area contributed by atoms with E-state index >= 15 is 0 Å². The zero-order chi connectivity index (χ0) is 12.6. The Kier molecular flexibility index (Phi) is 6.66. The summed E-state index contributed by atoms with van der Waals surface area (Å²) in [5.74, 6) is -2.56. The van der Waals surface area contributed by atoms with Crippen LogP contribution in [0.3, 0.4) is 0 Å². The number of sulfonamides is 1. The number of nitrogens with one attached hydrogen (secondary N) is 1. The van der Waals surface area contributed by atoms with E-state index in [-0.39, 0.29) is 26.0 Å². The molecule has 0 spiro atoms. The fraction of sp³-hybridized carbons (Fsp3) is 0.750. The van der Waals surface area contributed by atoms with Gasteiger partial charge >= 0.3 is 11.9 Å². The Balaban J connectivity index is 3.87. The molecule has 0 saturated carbocycles. The van der Waals surface area contributed by atoms with Gasteiger partial charge in [0, 0.05) is 13.0 Å². The molecule has 0 saturated heterocycles. The number of carboxylic acid groups (broad SMARTS) is 1. The molecule has 2 N–H and O–H groups in total. The van der Waals surface area contributed by atoms with Crippen molar-refractivity contribution in [3.8, 4) is 0 Å². The van der Waals surface area contributed by atoms with Crippen molar-refractivity contribution in [2.45, 2.75) is 19.8 Å². The predicted octanol–water partition coefficient (Wildman–Crippen LogP) is -0.666. The Labute approximate surface area is 93.8 Å². The topological polar surface area (TPSA) is 110 Å². The standard InChI is InChI=1S/C8H15NO6S/c1-2-15-8(12)6-16(13,14)9-5-3-4-7(10)11/h9H,2-6H2,1H3,(H,10,11). The van der Waals surface area contributed by atoms with Crippen LogP contribution < -0.4 is 4.72 Å². The van der Waals surface area contributed by atoms with Gasteiger partial charge in [-0.25, -0.2) is 13.1 Å². The Bertz CT molecular complexity index is 336. The minimum absolute atomic E-state index is 0.00591. The molecule has 0 aliphatic carbocycles. The molecule has 0 unspecified atom stereocenters. The van der Waals surface area contributed by atoms with Crippen molar-refractivity contribution >= 4 is 22.0 Å². The molecule has 7 nitrogen and oxygen atoms in total. The van der Waals surface area contributed by atoms with Crippen LogP contribution >= 0.6 is 0 Å². The van der Waals surface area contributed by atoms with Gasteiger partial charge in [0.05, 0.1) is 6.61 Å². The first kappa shape index (κ1) is 14.8. The van der Waals surface area contributed by atoms with E-state index in [2.05, 4.69) is 9.46 Å². The average molecular weight is 253 g/mol. The van der Waals surface area contributed by atoms with E-state index in [4.69, 9.17) is 5.11 Å². The van der Waals surface area contributed by atoms with Crippen molar-refractivity contribution in [2.75, 3.05) is 18.9 Å². The number of hydrogen-bond acceptors (Lipinski definition) is 5. The van der Waals surface area contributed by atoms with E-state index in [1.807, 2.05) is 0 Å². The highest BCUT2D eigenvalue weighted by Gasteiger charge is 2.16. The third kappa shape index (κ3) is 8.18. The summed E-state index contributed by atoms with van der Waals surface area (Å²) < 4.78 is 29.0. The number of hydrogen-bond donors (Lipinski definition) is 2. The lowest BCUT2D eigenvalue weighted by atomic mass is 10.3. The lowest BCUT2D eigenvalue weighted by molar-refractivity contribution is -0.140. The molecule has 0 aromatic carbocycles. The van der Waals surface area contributed by atoms with Crippen LogP contribution in [0.4, 0.5) is 0 Å². The van der Waals surface area contributed by atoms with Gasteiger partial charge in [0.2, 0.25) is 10.0 Å². The van der Waals surface area contributed by atoms with Crippen LogP contribution in [0.5, 0.6) is 0 Å². The molecule has 0 aliphatic rings. The summed E-state index contributed by atoms with van der Waals surface area (Å²) in [5, 5.41) is 8.31. The number of esters is 1. The molecule has 0 atom stereocenters. The molecule has 0 amide bonds. The zero-order valence-electron chi connectivity index (χ0n) is 8.93. The summed E-state index contributed by atoms with van der Waals surface area (Å²) in [6.07, 6.45) is 0.0549. The first-order chi connectivity index (χ1) is 7.37. The number of carboxylic acids is 1.